The van der Waals surface area contributed by atoms with E-state index < -0.39 is 5.60 Å². The van der Waals surface area contributed by atoms with Crippen LogP contribution in [-0.4, -0.2) is 41.9 Å². The fraction of sp³-hybridized carbons (Fsp3) is 0.412. The normalized spacial score (nSPS) is 25.9. The Labute approximate surface area is 124 Å². The van der Waals surface area contributed by atoms with Crippen LogP contribution in [0.25, 0.3) is 6.08 Å². The van der Waals surface area contributed by atoms with Gasteiger partial charge in [0.05, 0.1) is 6.54 Å². The number of nitrogens with zero attached hydrogens (tertiary/aromatic N) is 1. The molecule has 2 aliphatic heterocycles. The van der Waals surface area contributed by atoms with E-state index in [0.717, 1.165) is 18.4 Å². The number of benzene rings is 1. The molecule has 21 heavy (non-hydrogen) atoms. The summed E-state index contributed by atoms with van der Waals surface area (Å²) in [5.74, 6) is -0.0623. The zero-order valence-electron chi connectivity index (χ0n) is 12.0. The minimum absolute atomic E-state index is 0.0488. The number of piperidine rings is 1. The first-order valence-corrected chi connectivity index (χ1v) is 7.39. The number of ether oxygens (including phenoxy) is 1. The molecule has 1 spiro atoms. The van der Waals surface area contributed by atoms with Gasteiger partial charge in [-0.3, -0.25) is 9.59 Å². The molecule has 3 rings (SSSR count). The zero-order chi connectivity index (χ0) is 14.7. The summed E-state index contributed by atoms with van der Waals surface area (Å²) in [6.45, 7) is 1.41. The summed E-state index contributed by atoms with van der Waals surface area (Å²) in [6, 6.07) is 9.66. The van der Waals surface area contributed by atoms with Gasteiger partial charge in [-0.1, -0.05) is 30.3 Å². The number of ketones is 1. The standard InChI is InChI=1S/C17H19NO3/c19-15-13-18(11-10-17(15)9-4-12-21-17)16(20)8-7-14-5-2-1-3-6-14/h1-3,5-8H,4,9-13H2/b8-7+/t17-/m1/s1. The van der Waals surface area contributed by atoms with Gasteiger partial charge in [0.2, 0.25) is 5.91 Å². The second-order valence-corrected chi connectivity index (χ2v) is 5.62. The molecule has 2 fully saturated rings. The van der Waals surface area contributed by atoms with Crippen molar-refractivity contribution in [2.45, 2.75) is 24.9 Å². The van der Waals surface area contributed by atoms with E-state index in [1.165, 1.54) is 6.08 Å². The van der Waals surface area contributed by atoms with Crippen LogP contribution in [0, 0.1) is 0 Å². The van der Waals surface area contributed by atoms with Crippen LogP contribution < -0.4 is 0 Å². The number of Topliss-reactive ketones (excluding diaryl/α,β-unsaturated/α-hetero) is 1. The molecule has 1 amide bonds. The van der Waals surface area contributed by atoms with Gasteiger partial charge in [-0.25, -0.2) is 0 Å². The second kappa shape index (κ2) is 5.82. The van der Waals surface area contributed by atoms with Crippen molar-refractivity contribution in [2.75, 3.05) is 19.7 Å². The number of carbonyl (C=O) groups excluding carboxylic acids is 2. The number of carbonyl (C=O) groups is 2. The summed E-state index contributed by atoms with van der Waals surface area (Å²) >= 11 is 0. The van der Waals surface area contributed by atoms with Crippen LogP contribution in [0.5, 0.6) is 0 Å². The van der Waals surface area contributed by atoms with Gasteiger partial charge in [-0.15, -0.1) is 0 Å². The topological polar surface area (TPSA) is 46.6 Å². The van der Waals surface area contributed by atoms with E-state index in [4.69, 9.17) is 4.74 Å². The maximum absolute atomic E-state index is 12.3. The van der Waals surface area contributed by atoms with Crippen molar-refractivity contribution < 1.29 is 14.3 Å². The summed E-state index contributed by atoms with van der Waals surface area (Å²) in [5, 5.41) is 0. The third-order valence-corrected chi connectivity index (χ3v) is 4.26. The van der Waals surface area contributed by atoms with Crippen molar-refractivity contribution in [1.82, 2.24) is 4.90 Å². The highest BCUT2D eigenvalue weighted by Crippen LogP contribution is 2.33. The van der Waals surface area contributed by atoms with Gasteiger partial charge in [0.15, 0.2) is 5.78 Å². The third kappa shape index (κ3) is 2.90. The summed E-state index contributed by atoms with van der Waals surface area (Å²) in [5.41, 5.74) is 0.379. The lowest BCUT2D eigenvalue weighted by Gasteiger charge is -2.36. The third-order valence-electron chi connectivity index (χ3n) is 4.26. The minimum atomic E-state index is -0.597. The van der Waals surface area contributed by atoms with Crippen molar-refractivity contribution in [3.05, 3.63) is 42.0 Å². The van der Waals surface area contributed by atoms with Gasteiger partial charge < -0.3 is 9.64 Å². The molecule has 1 aromatic rings. The SMILES string of the molecule is O=C(/C=C/c1ccccc1)N1CC[C@]2(CCCO2)C(=O)C1. The number of likely N-dealkylation sites (tertiary alicyclic amines) is 1. The van der Waals surface area contributed by atoms with Crippen LogP contribution in [-0.2, 0) is 14.3 Å². The molecule has 0 N–H and O–H groups in total. The van der Waals surface area contributed by atoms with Gasteiger partial charge in [0, 0.05) is 25.6 Å². The molecule has 4 heteroatoms. The molecule has 2 aliphatic rings. The van der Waals surface area contributed by atoms with Crippen LogP contribution in [0.4, 0.5) is 0 Å². The quantitative estimate of drug-likeness (QED) is 0.781. The highest BCUT2D eigenvalue weighted by molar-refractivity contribution is 5.98. The Morgan fingerprint density at radius 3 is 2.71 bits per heavy atom. The highest BCUT2D eigenvalue weighted by Gasteiger charge is 2.46. The molecular weight excluding hydrogens is 266 g/mol. The van der Waals surface area contributed by atoms with Crippen LogP contribution >= 0.6 is 0 Å². The van der Waals surface area contributed by atoms with Gasteiger partial charge in [0.1, 0.15) is 5.60 Å². The molecule has 2 heterocycles. The monoisotopic (exact) mass is 285 g/mol. The molecule has 0 radical (unpaired) electrons. The molecule has 1 atom stereocenters. The number of amides is 1. The van der Waals surface area contributed by atoms with Gasteiger partial charge in [-0.2, -0.15) is 0 Å². The van der Waals surface area contributed by atoms with Crippen molar-refractivity contribution in [3.63, 3.8) is 0 Å². The Morgan fingerprint density at radius 2 is 2.05 bits per heavy atom. The van der Waals surface area contributed by atoms with Crippen molar-refractivity contribution in [1.29, 1.82) is 0 Å². The van der Waals surface area contributed by atoms with E-state index in [-0.39, 0.29) is 18.2 Å². The molecule has 0 unspecified atom stereocenters. The largest absolute Gasteiger partial charge is 0.367 e. The number of hydrogen-bond acceptors (Lipinski definition) is 3. The second-order valence-electron chi connectivity index (χ2n) is 5.62. The zero-order valence-corrected chi connectivity index (χ0v) is 12.0. The van der Waals surface area contributed by atoms with Gasteiger partial charge >= 0.3 is 0 Å². The molecule has 1 aromatic carbocycles. The first-order valence-electron chi connectivity index (χ1n) is 7.39. The fourth-order valence-corrected chi connectivity index (χ4v) is 2.99. The van der Waals surface area contributed by atoms with E-state index in [1.54, 1.807) is 11.0 Å². The number of hydrogen-bond donors (Lipinski definition) is 0. The van der Waals surface area contributed by atoms with E-state index in [0.29, 0.717) is 19.6 Å². The number of rotatable bonds is 2. The molecule has 0 bridgehead atoms. The van der Waals surface area contributed by atoms with E-state index >= 15 is 0 Å². The van der Waals surface area contributed by atoms with Crippen LogP contribution in [0.15, 0.2) is 36.4 Å². The summed E-state index contributed by atoms with van der Waals surface area (Å²) in [4.78, 5) is 26.0. The molecule has 0 aromatic heterocycles. The lowest BCUT2D eigenvalue weighted by Crippen LogP contribution is -2.53. The molecule has 0 saturated carbocycles. The predicted octanol–water partition coefficient (Wildman–Crippen LogP) is 2.05. The van der Waals surface area contributed by atoms with Crippen molar-refractivity contribution in [3.8, 4) is 0 Å². The minimum Gasteiger partial charge on any atom is -0.367 e. The molecule has 2 saturated heterocycles. The Kier molecular flexibility index (Phi) is 3.88. The summed E-state index contributed by atoms with van der Waals surface area (Å²) in [7, 11) is 0. The lowest BCUT2D eigenvalue weighted by atomic mass is 9.87. The Hall–Kier alpha value is -1.94. The average Bonchev–Trinajstić information content (AvgIpc) is 2.99. The van der Waals surface area contributed by atoms with Crippen molar-refractivity contribution >= 4 is 17.8 Å². The lowest BCUT2D eigenvalue weighted by molar-refractivity contribution is -0.151. The summed E-state index contributed by atoms with van der Waals surface area (Å²) < 4.78 is 5.65. The smallest absolute Gasteiger partial charge is 0.246 e. The first-order chi connectivity index (χ1) is 10.2. The van der Waals surface area contributed by atoms with Crippen molar-refractivity contribution in [2.24, 2.45) is 0 Å². The molecule has 110 valence electrons. The van der Waals surface area contributed by atoms with E-state index in [1.807, 2.05) is 30.3 Å². The van der Waals surface area contributed by atoms with Gasteiger partial charge in [-0.05, 0) is 24.5 Å². The highest BCUT2D eigenvalue weighted by atomic mass is 16.5. The predicted molar refractivity (Wildman–Crippen MR) is 79.6 cm³/mol. The molecular formula is C17H19NO3. The Balaban J connectivity index is 1.62. The first kappa shape index (κ1) is 14.0. The maximum Gasteiger partial charge on any atom is 0.246 e. The van der Waals surface area contributed by atoms with E-state index in [2.05, 4.69) is 0 Å². The van der Waals surface area contributed by atoms with E-state index in [9.17, 15) is 9.59 Å². The fourth-order valence-electron chi connectivity index (χ4n) is 2.99. The molecule has 4 nitrogen and oxygen atoms in total. The molecule has 0 aliphatic carbocycles. The van der Waals surface area contributed by atoms with Crippen LogP contribution in [0.1, 0.15) is 24.8 Å². The average molecular weight is 285 g/mol. The van der Waals surface area contributed by atoms with Gasteiger partial charge in [0.25, 0.3) is 0 Å². The Morgan fingerprint density at radius 1 is 1.24 bits per heavy atom. The maximum atomic E-state index is 12.3. The van der Waals surface area contributed by atoms with Crippen LogP contribution in [0.2, 0.25) is 0 Å². The summed E-state index contributed by atoms with van der Waals surface area (Å²) in [6.07, 6.45) is 5.68. The van der Waals surface area contributed by atoms with Crippen LogP contribution in [0.3, 0.4) is 0 Å². The Bertz CT molecular complexity index is 559.